The minimum Gasteiger partial charge on any atom is -0.493 e. The molecule has 4 nitrogen and oxygen atoms in total. The first kappa shape index (κ1) is 16.0. The number of methoxy groups -OCH3 is 2. The molecule has 0 unspecified atom stereocenters. The van der Waals surface area contributed by atoms with Gasteiger partial charge in [0.1, 0.15) is 5.82 Å². The van der Waals surface area contributed by atoms with Gasteiger partial charge in [-0.05, 0) is 5.41 Å². The summed E-state index contributed by atoms with van der Waals surface area (Å²) in [7, 11) is 3.28. The molecule has 0 aliphatic rings. The largest absolute Gasteiger partial charge is 0.493 e. The van der Waals surface area contributed by atoms with E-state index < -0.39 is 0 Å². The summed E-state index contributed by atoms with van der Waals surface area (Å²) in [4.78, 5) is 4.71. The van der Waals surface area contributed by atoms with E-state index in [1.54, 1.807) is 14.2 Å². The average Bonchev–Trinajstić information content (AvgIpc) is 2.73. The van der Waals surface area contributed by atoms with Crippen LogP contribution in [0, 0.1) is 5.41 Å². The van der Waals surface area contributed by atoms with Gasteiger partial charge >= 0.3 is 0 Å². The lowest BCUT2D eigenvalue weighted by Gasteiger charge is -2.21. The molecular weight excluding hydrogens is 288 g/mol. The maximum atomic E-state index is 5.92. The van der Waals surface area contributed by atoms with E-state index >= 15 is 0 Å². The number of hydrogen-bond donors (Lipinski definition) is 0. The fraction of sp³-hybridized carbons (Fsp3) is 0.562. The summed E-state index contributed by atoms with van der Waals surface area (Å²) in [6.45, 7) is 7.52. The van der Waals surface area contributed by atoms with Crippen LogP contribution in [0.4, 0.5) is 0 Å². The van der Waals surface area contributed by atoms with Crippen molar-refractivity contribution < 1.29 is 9.47 Å². The van der Waals surface area contributed by atoms with Crippen LogP contribution in [0.1, 0.15) is 26.6 Å². The average molecular weight is 311 g/mol. The lowest BCUT2D eigenvalue weighted by atomic mass is 9.96. The summed E-state index contributed by atoms with van der Waals surface area (Å²) in [5, 5.41) is 0. The van der Waals surface area contributed by atoms with Gasteiger partial charge in [-0.1, -0.05) is 20.8 Å². The van der Waals surface area contributed by atoms with Crippen LogP contribution in [0.3, 0.4) is 0 Å². The Kier molecular flexibility index (Phi) is 4.67. The van der Waals surface area contributed by atoms with Crippen LogP contribution in [0.2, 0.25) is 0 Å². The van der Waals surface area contributed by atoms with Crippen LogP contribution in [0.15, 0.2) is 12.1 Å². The Hall–Kier alpha value is -1.42. The highest BCUT2D eigenvalue weighted by Crippen LogP contribution is 2.33. The number of benzene rings is 1. The van der Waals surface area contributed by atoms with Crippen LogP contribution in [0.5, 0.6) is 11.5 Å². The Morgan fingerprint density at radius 1 is 1.14 bits per heavy atom. The fourth-order valence-electron chi connectivity index (χ4n) is 2.43. The van der Waals surface area contributed by atoms with Gasteiger partial charge in [-0.25, -0.2) is 4.98 Å². The Bertz CT molecular complexity index is 629. The predicted molar refractivity (Wildman–Crippen MR) is 86.7 cm³/mol. The highest BCUT2D eigenvalue weighted by molar-refractivity contribution is 6.17. The lowest BCUT2D eigenvalue weighted by Crippen LogP contribution is -2.17. The molecule has 0 bridgehead atoms. The van der Waals surface area contributed by atoms with Crippen molar-refractivity contribution in [2.75, 3.05) is 20.1 Å². The van der Waals surface area contributed by atoms with Gasteiger partial charge in [0.25, 0.3) is 0 Å². The Labute approximate surface area is 131 Å². The number of rotatable bonds is 5. The molecule has 0 aliphatic heterocycles. The van der Waals surface area contributed by atoms with Crippen molar-refractivity contribution in [3.05, 3.63) is 18.0 Å². The molecule has 1 aromatic carbocycles. The highest BCUT2D eigenvalue weighted by atomic mass is 35.5. The molecule has 116 valence electrons. The minimum absolute atomic E-state index is 0.155. The maximum absolute atomic E-state index is 5.92. The first-order valence-electron chi connectivity index (χ1n) is 7.06. The zero-order valence-electron chi connectivity index (χ0n) is 13.4. The van der Waals surface area contributed by atoms with Crippen LogP contribution < -0.4 is 9.47 Å². The van der Waals surface area contributed by atoms with E-state index in [1.807, 2.05) is 12.1 Å². The molecule has 0 atom stereocenters. The maximum Gasteiger partial charge on any atom is 0.163 e. The second-order valence-corrected chi connectivity index (χ2v) is 6.69. The Morgan fingerprint density at radius 3 is 2.29 bits per heavy atom. The Morgan fingerprint density at radius 2 is 1.76 bits per heavy atom. The molecule has 0 saturated heterocycles. The molecule has 1 aromatic heterocycles. The van der Waals surface area contributed by atoms with Crippen LogP contribution in [-0.4, -0.2) is 29.7 Å². The number of ether oxygens (including phenoxy) is 2. The molecule has 0 fully saturated rings. The summed E-state index contributed by atoms with van der Waals surface area (Å²) in [5.74, 6) is 2.98. The van der Waals surface area contributed by atoms with Crippen molar-refractivity contribution in [1.29, 1.82) is 0 Å². The van der Waals surface area contributed by atoms with E-state index in [9.17, 15) is 0 Å². The second kappa shape index (κ2) is 6.14. The molecule has 0 spiro atoms. The van der Waals surface area contributed by atoms with Gasteiger partial charge in [-0.2, -0.15) is 0 Å². The summed E-state index contributed by atoms with van der Waals surface area (Å²) in [5.41, 5.74) is 2.13. The minimum atomic E-state index is 0.155. The number of aromatic nitrogens is 2. The molecule has 5 heteroatoms. The molecule has 0 aliphatic carbocycles. The summed E-state index contributed by atoms with van der Waals surface area (Å²) in [6.07, 6.45) is 0.747. The predicted octanol–water partition coefficient (Wildman–Crippen LogP) is 3.88. The summed E-state index contributed by atoms with van der Waals surface area (Å²) >= 11 is 5.92. The van der Waals surface area contributed by atoms with E-state index in [4.69, 9.17) is 26.1 Å². The summed E-state index contributed by atoms with van der Waals surface area (Å²) < 4.78 is 13.0. The van der Waals surface area contributed by atoms with Gasteiger partial charge in [0.2, 0.25) is 0 Å². The second-order valence-electron chi connectivity index (χ2n) is 6.31. The third-order valence-corrected chi connectivity index (χ3v) is 3.47. The number of aryl methyl sites for hydroxylation is 1. The molecule has 2 rings (SSSR count). The summed E-state index contributed by atoms with van der Waals surface area (Å²) in [6, 6.07) is 3.91. The third kappa shape index (κ3) is 3.43. The molecule has 0 amide bonds. The smallest absolute Gasteiger partial charge is 0.163 e. The van der Waals surface area contributed by atoms with Crippen LogP contribution in [0.25, 0.3) is 11.0 Å². The Balaban J connectivity index is 2.63. The number of hydrogen-bond acceptors (Lipinski definition) is 3. The van der Waals surface area contributed by atoms with Crippen molar-refractivity contribution in [3.63, 3.8) is 0 Å². The van der Waals surface area contributed by atoms with Gasteiger partial charge in [-0.3, -0.25) is 0 Å². The zero-order chi connectivity index (χ0) is 15.6. The van der Waals surface area contributed by atoms with E-state index in [0.717, 1.165) is 35.6 Å². The molecule has 2 aromatic rings. The molecular formula is C16H23ClN2O2. The monoisotopic (exact) mass is 310 g/mol. The van der Waals surface area contributed by atoms with E-state index in [2.05, 4.69) is 25.3 Å². The van der Waals surface area contributed by atoms with Crippen molar-refractivity contribution >= 4 is 22.6 Å². The normalized spacial score (nSPS) is 11.9. The molecule has 0 saturated carbocycles. The van der Waals surface area contributed by atoms with Gasteiger partial charge in [-0.15, -0.1) is 11.6 Å². The van der Waals surface area contributed by atoms with Crippen molar-refractivity contribution in [2.45, 2.75) is 33.7 Å². The first-order chi connectivity index (χ1) is 9.89. The van der Waals surface area contributed by atoms with Gasteiger partial charge in [0.15, 0.2) is 11.5 Å². The van der Waals surface area contributed by atoms with E-state index in [0.29, 0.717) is 11.6 Å². The number of halogens is 1. The fourth-order valence-corrected chi connectivity index (χ4v) is 2.60. The number of nitrogens with zero attached hydrogens (tertiary/aromatic N) is 2. The zero-order valence-corrected chi connectivity index (χ0v) is 14.1. The number of fused-ring (bicyclic) bond motifs is 1. The topological polar surface area (TPSA) is 36.3 Å². The van der Waals surface area contributed by atoms with Crippen molar-refractivity contribution in [3.8, 4) is 11.5 Å². The SMILES string of the molecule is COc1cc2nc(CCCl)n(CC(C)(C)C)c2cc1OC. The van der Waals surface area contributed by atoms with E-state index in [-0.39, 0.29) is 5.41 Å². The van der Waals surface area contributed by atoms with Crippen molar-refractivity contribution in [1.82, 2.24) is 9.55 Å². The lowest BCUT2D eigenvalue weighted by molar-refractivity contribution is 0.342. The van der Waals surface area contributed by atoms with Gasteiger partial charge in [0.05, 0.1) is 25.3 Å². The number of imidazole rings is 1. The quantitative estimate of drug-likeness (QED) is 0.786. The number of alkyl halides is 1. The van der Waals surface area contributed by atoms with E-state index in [1.165, 1.54) is 0 Å². The molecule has 1 heterocycles. The standard InChI is InChI=1S/C16H23ClN2O2/c1-16(2,3)10-19-12-9-14(21-5)13(20-4)8-11(12)18-15(19)6-7-17/h8-9H,6-7,10H2,1-5H3. The van der Waals surface area contributed by atoms with Crippen LogP contribution in [-0.2, 0) is 13.0 Å². The third-order valence-electron chi connectivity index (χ3n) is 3.28. The van der Waals surface area contributed by atoms with Gasteiger partial charge in [0, 0.05) is 31.0 Å². The van der Waals surface area contributed by atoms with Crippen LogP contribution >= 0.6 is 11.6 Å². The highest BCUT2D eigenvalue weighted by Gasteiger charge is 2.19. The van der Waals surface area contributed by atoms with Crippen molar-refractivity contribution in [2.24, 2.45) is 5.41 Å². The molecule has 21 heavy (non-hydrogen) atoms. The molecule has 0 N–H and O–H groups in total. The molecule has 0 radical (unpaired) electrons. The first-order valence-corrected chi connectivity index (χ1v) is 7.60. The van der Waals surface area contributed by atoms with Gasteiger partial charge < -0.3 is 14.0 Å².